The fourth-order valence-electron chi connectivity index (χ4n) is 3.26. The van der Waals surface area contributed by atoms with Gasteiger partial charge in [-0.1, -0.05) is 20.8 Å². The number of rotatable bonds is 5. The molecule has 3 rings (SSSR count). The van der Waals surface area contributed by atoms with E-state index >= 15 is 0 Å². The first-order valence-electron chi connectivity index (χ1n) is 8.86. The normalized spacial score (nSPS) is 24.5. The maximum Gasteiger partial charge on any atom is 0.291 e. The number of nitrogens with one attached hydrogen (secondary N) is 1. The summed E-state index contributed by atoms with van der Waals surface area (Å²) in [6, 6.07) is -0.172. The van der Waals surface area contributed by atoms with Crippen LogP contribution in [0, 0.1) is 5.41 Å². The number of ketones is 1. The van der Waals surface area contributed by atoms with E-state index in [9.17, 15) is 9.59 Å². The molecule has 1 N–H and O–H groups in total. The molecule has 0 bridgehead atoms. The molecule has 132 valence electrons. The van der Waals surface area contributed by atoms with Crippen LogP contribution in [0.15, 0.2) is 4.42 Å². The maximum atomic E-state index is 12.7. The van der Waals surface area contributed by atoms with Crippen molar-refractivity contribution in [3.05, 3.63) is 11.8 Å². The molecule has 1 unspecified atom stereocenters. The number of nitrogens with zero attached hydrogens (tertiary/aromatic N) is 3. The highest BCUT2D eigenvalue weighted by molar-refractivity contribution is 6.38. The predicted molar refractivity (Wildman–Crippen MR) is 87.0 cm³/mol. The molecule has 2 aliphatic heterocycles. The van der Waals surface area contributed by atoms with Crippen molar-refractivity contribution in [1.29, 1.82) is 0 Å². The van der Waals surface area contributed by atoms with E-state index in [1.165, 1.54) is 0 Å². The van der Waals surface area contributed by atoms with Gasteiger partial charge < -0.3 is 14.6 Å². The minimum absolute atomic E-state index is 0.109. The lowest BCUT2D eigenvalue weighted by Gasteiger charge is -2.26. The number of aromatic nitrogens is 2. The SMILES string of the molecule is CCC(C)(C)C(=O)C(=O)N1CCCC1c1nnc([C@@H]2CCCN2)o1. The van der Waals surface area contributed by atoms with Gasteiger partial charge in [0.2, 0.25) is 17.6 Å². The molecule has 2 saturated heterocycles. The Morgan fingerprint density at radius 1 is 1.25 bits per heavy atom. The summed E-state index contributed by atoms with van der Waals surface area (Å²) in [5, 5.41) is 11.6. The van der Waals surface area contributed by atoms with Gasteiger partial charge in [0.05, 0.1) is 6.04 Å². The van der Waals surface area contributed by atoms with E-state index < -0.39 is 11.3 Å². The van der Waals surface area contributed by atoms with Gasteiger partial charge in [0, 0.05) is 12.0 Å². The summed E-state index contributed by atoms with van der Waals surface area (Å²) in [4.78, 5) is 26.8. The summed E-state index contributed by atoms with van der Waals surface area (Å²) in [5.74, 6) is 0.269. The van der Waals surface area contributed by atoms with E-state index in [0.29, 0.717) is 24.7 Å². The summed E-state index contributed by atoms with van der Waals surface area (Å²) >= 11 is 0. The van der Waals surface area contributed by atoms with Gasteiger partial charge in [-0.15, -0.1) is 10.2 Å². The van der Waals surface area contributed by atoms with Crippen LogP contribution < -0.4 is 5.32 Å². The van der Waals surface area contributed by atoms with Gasteiger partial charge in [0.25, 0.3) is 5.91 Å². The summed E-state index contributed by atoms with van der Waals surface area (Å²) in [5.41, 5.74) is -0.641. The topological polar surface area (TPSA) is 88.3 Å². The van der Waals surface area contributed by atoms with Crippen LogP contribution in [0.5, 0.6) is 0 Å². The van der Waals surface area contributed by atoms with Crippen LogP contribution in [0.1, 0.15) is 76.7 Å². The van der Waals surface area contributed by atoms with Gasteiger partial charge in [-0.05, 0) is 38.6 Å². The fraction of sp³-hybridized carbons (Fsp3) is 0.765. The second kappa shape index (κ2) is 6.63. The quantitative estimate of drug-likeness (QED) is 0.830. The van der Waals surface area contributed by atoms with E-state index in [1.807, 2.05) is 20.8 Å². The van der Waals surface area contributed by atoms with Gasteiger partial charge in [-0.25, -0.2) is 0 Å². The second-order valence-corrected chi connectivity index (χ2v) is 7.35. The van der Waals surface area contributed by atoms with Gasteiger partial charge in [0.15, 0.2) is 0 Å². The molecule has 0 aromatic carbocycles. The molecular weight excluding hydrogens is 308 g/mol. The molecule has 24 heavy (non-hydrogen) atoms. The van der Waals surface area contributed by atoms with Gasteiger partial charge in [0.1, 0.15) is 6.04 Å². The van der Waals surface area contributed by atoms with Crippen LogP contribution in [0.3, 0.4) is 0 Å². The lowest BCUT2D eigenvalue weighted by molar-refractivity contribution is -0.150. The largest absolute Gasteiger partial charge is 0.421 e. The number of hydrogen-bond donors (Lipinski definition) is 1. The molecule has 7 heteroatoms. The molecule has 0 aliphatic carbocycles. The maximum absolute atomic E-state index is 12.7. The molecule has 3 heterocycles. The van der Waals surface area contributed by atoms with Crippen LogP contribution in [0.2, 0.25) is 0 Å². The first kappa shape index (κ1) is 17.1. The number of carbonyl (C=O) groups excluding carboxylic acids is 2. The average molecular weight is 334 g/mol. The lowest BCUT2D eigenvalue weighted by atomic mass is 9.84. The summed E-state index contributed by atoms with van der Waals surface area (Å²) in [7, 11) is 0. The van der Waals surface area contributed by atoms with Crippen molar-refractivity contribution >= 4 is 11.7 Å². The minimum Gasteiger partial charge on any atom is -0.421 e. The first-order chi connectivity index (χ1) is 11.4. The summed E-state index contributed by atoms with van der Waals surface area (Å²) < 4.78 is 5.83. The molecule has 1 aromatic rings. The van der Waals surface area contributed by atoms with Crippen molar-refractivity contribution in [1.82, 2.24) is 20.4 Å². The molecule has 0 saturated carbocycles. The molecule has 0 spiro atoms. The Balaban J connectivity index is 1.76. The van der Waals surface area contributed by atoms with Crippen molar-refractivity contribution in [2.45, 2.75) is 65.0 Å². The Morgan fingerprint density at radius 3 is 2.67 bits per heavy atom. The third-order valence-corrected chi connectivity index (χ3v) is 5.31. The molecule has 2 atom stereocenters. The molecule has 2 aliphatic rings. The molecule has 2 fully saturated rings. The number of Topliss-reactive ketones (excluding diaryl/α,β-unsaturated/α-hetero) is 1. The van der Waals surface area contributed by atoms with Crippen molar-refractivity contribution in [3.8, 4) is 0 Å². The second-order valence-electron chi connectivity index (χ2n) is 7.35. The lowest BCUT2D eigenvalue weighted by Crippen LogP contribution is -2.42. The zero-order valence-electron chi connectivity index (χ0n) is 14.7. The van der Waals surface area contributed by atoms with Crippen LogP contribution in [0.4, 0.5) is 0 Å². The van der Waals surface area contributed by atoms with E-state index in [4.69, 9.17) is 4.42 Å². The Kier molecular flexibility index (Phi) is 4.71. The Morgan fingerprint density at radius 2 is 2.00 bits per heavy atom. The number of amides is 1. The number of hydrogen-bond acceptors (Lipinski definition) is 6. The Hall–Kier alpha value is -1.76. The van der Waals surface area contributed by atoms with E-state index in [2.05, 4.69) is 15.5 Å². The van der Waals surface area contributed by atoms with Crippen molar-refractivity contribution in [3.63, 3.8) is 0 Å². The van der Waals surface area contributed by atoms with Crippen molar-refractivity contribution < 1.29 is 14.0 Å². The van der Waals surface area contributed by atoms with Crippen LogP contribution in [-0.4, -0.2) is 39.9 Å². The highest BCUT2D eigenvalue weighted by Gasteiger charge is 2.41. The van der Waals surface area contributed by atoms with E-state index in [0.717, 1.165) is 32.2 Å². The van der Waals surface area contributed by atoms with E-state index in [1.54, 1.807) is 4.90 Å². The monoisotopic (exact) mass is 334 g/mol. The van der Waals surface area contributed by atoms with Gasteiger partial charge in [-0.2, -0.15) is 0 Å². The smallest absolute Gasteiger partial charge is 0.291 e. The van der Waals surface area contributed by atoms with Crippen LogP contribution in [0.25, 0.3) is 0 Å². The van der Waals surface area contributed by atoms with Crippen LogP contribution in [-0.2, 0) is 9.59 Å². The zero-order chi connectivity index (χ0) is 17.3. The minimum atomic E-state index is -0.641. The average Bonchev–Trinajstić information content (AvgIpc) is 3.32. The summed E-state index contributed by atoms with van der Waals surface area (Å²) in [6.07, 6.45) is 4.31. The molecule has 0 radical (unpaired) electrons. The Bertz CT molecular complexity index is 619. The fourth-order valence-corrected chi connectivity index (χ4v) is 3.26. The van der Waals surface area contributed by atoms with Crippen molar-refractivity contribution in [2.24, 2.45) is 5.41 Å². The van der Waals surface area contributed by atoms with Gasteiger partial charge >= 0.3 is 0 Å². The standard InChI is InChI=1S/C17H26N4O3/c1-4-17(2,3)13(22)16(23)21-10-6-8-12(21)15-20-19-14(24-15)11-7-5-9-18-11/h11-12,18H,4-10H2,1-3H3/t11-,12?/m0/s1. The predicted octanol–water partition coefficient (Wildman–Crippen LogP) is 2.16. The van der Waals surface area contributed by atoms with Crippen molar-refractivity contribution in [2.75, 3.05) is 13.1 Å². The zero-order valence-corrected chi connectivity index (χ0v) is 14.7. The van der Waals surface area contributed by atoms with E-state index in [-0.39, 0.29) is 17.9 Å². The Labute approximate surface area is 142 Å². The highest BCUT2D eigenvalue weighted by atomic mass is 16.4. The van der Waals surface area contributed by atoms with Gasteiger partial charge in [-0.3, -0.25) is 9.59 Å². The summed E-state index contributed by atoms with van der Waals surface area (Å²) in [6.45, 7) is 7.07. The molecular formula is C17H26N4O3. The third kappa shape index (κ3) is 3.09. The molecule has 1 aromatic heterocycles. The third-order valence-electron chi connectivity index (χ3n) is 5.31. The number of carbonyl (C=O) groups is 2. The highest BCUT2D eigenvalue weighted by Crippen LogP contribution is 2.34. The first-order valence-corrected chi connectivity index (χ1v) is 8.86. The molecule has 1 amide bonds. The number of likely N-dealkylation sites (tertiary alicyclic amines) is 1. The van der Waals surface area contributed by atoms with Crippen LogP contribution >= 0.6 is 0 Å². The molecule has 7 nitrogen and oxygen atoms in total.